The van der Waals surface area contributed by atoms with Crippen LogP contribution < -0.4 is 0 Å². The van der Waals surface area contributed by atoms with Crippen molar-refractivity contribution >= 4 is 11.3 Å². The van der Waals surface area contributed by atoms with Gasteiger partial charge in [0.15, 0.2) is 6.29 Å². The molecule has 98 valence electrons. The highest BCUT2D eigenvalue weighted by Gasteiger charge is 2.07. The fourth-order valence-electron chi connectivity index (χ4n) is 1.50. The van der Waals surface area contributed by atoms with Crippen LogP contribution in [0, 0.1) is 0 Å². The zero-order valence-corrected chi connectivity index (χ0v) is 11.5. The molecule has 1 aromatic rings. The Kier molecular flexibility index (Phi) is 8.26. The molecule has 1 aromatic heterocycles. The summed E-state index contributed by atoms with van der Waals surface area (Å²) in [6, 6.07) is 4.21. The van der Waals surface area contributed by atoms with Crippen LogP contribution >= 0.6 is 11.3 Å². The molecule has 1 rings (SSSR count). The fraction of sp³-hybridized carbons (Fsp3) is 0.692. The van der Waals surface area contributed by atoms with E-state index in [1.807, 2.05) is 13.8 Å². The molecule has 0 unspecified atom stereocenters. The minimum absolute atomic E-state index is 0.119. The molecule has 0 aliphatic carbocycles. The average Bonchev–Trinajstić information content (AvgIpc) is 2.82. The predicted molar refractivity (Wildman–Crippen MR) is 70.5 cm³/mol. The minimum atomic E-state index is -0.119. The average molecular weight is 258 g/mol. The Hall–Kier alpha value is -0.420. The third-order valence-electron chi connectivity index (χ3n) is 2.28. The van der Waals surface area contributed by atoms with Crippen molar-refractivity contribution in [1.29, 1.82) is 0 Å². The first-order valence-electron chi connectivity index (χ1n) is 6.20. The number of hydrogen-bond acceptors (Lipinski definition) is 4. The van der Waals surface area contributed by atoms with Crippen LogP contribution in [0.4, 0.5) is 0 Å². The minimum Gasteiger partial charge on any atom is -0.381 e. The van der Waals surface area contributed by atoms with Gasteiger partial charge in [-0.3, -0.25) is 0 Å². The molecule has 0 aliphatic rings. The maximum Gasteiger partial charge on any atom is 0.159 e. The van der Waals surface area contributed by atoms with Crippen molar-refractivity contribution in [2.24, 2.45) is 0 Å². The fourth-order valence-corrected chi connectivity index (χ4v) is 2.19. The van der Waals surface area contributed by atoms with Crippen molar-refractivity contribution in [1.82, 2.24) is 0 Å². The molecular weight excluding hydrogens is 236 g/mol. The summed E-state index contributed by atoms with van der Waals surface area (Å²) >= 11 is 1.77. The second-order valence-electron chi connectivity index (χ2n) is 3.57. The molecule has 3 nitrogen and oxygen atoms in total. The van der Waals surface area contributed by atoms with Crippen molar-refractivity contribution in [2.75, 3.05) is 26.4 Å². The molecular formula is C13H22O3S. The molecule has 0 fully saturated rings. The first-order valence-corrected chi connectivity index (χ1v) is 7.08. The van der Waals surface area contributed by atoms with E-state index in [1.165, 1.54) is 4.88 Å². The Labute approximate surface area is 108 Å². The highest BCUT2D eigenvalue weighted by Crippen LogP contribution is 2.09. The molecule has 17 heavy (non-hydrogen) atoms. The van der Waals surface area contributed by atoms with Crippen molar-refractivity contribution in [3.8, 4) is 0 Å². The van der Waals surface area contributed by atoms with Crippen molar-refractivity contribution in [3.63, 3.8) is 0 Å². The van der Waals surface area contributed by atoms with Gasteiger partial charge < -0.3 is 14.2 Å². The summed E-state index contributed by atoms with van der Waals surface area (Å²) in [5, 5.41) is 2.09. The highest BCUT2D eigenvalue weighted by atomic mass is 32.1. The largest absolute Gasteiger partial charge is 0.381 e. The summed E-state index contributed by atoms with van der Waals surface area (Å²) in [7, 11) is 0. The van der Waals surface area contributed by atoms with Crippen molar-refractivity contribution in [3.05, 3.63) is 22.4 Å². The van der Waals surface area contributed by atoms with Gasteiger partial charge in [0, 0.05) is 30.9 Å². The Bertz CT molecular complexity index is 256. The van der Waals surface area contributed by atoms with E-state index >= 15 is 0 Å². The summed E-state index contributed by atoms with van der Waals surface area (Å²) in [6.45, 7) is 6.77. The second kappa shape index (κ2) is 9.59. The smallest absolute Gasteiger partial charge is 0.159 e. The summed E-state index contributed by atoms with van der Waals surface area (Å²) in [6.07, 6.45) is 1.67. The van der Waals surface area contributed by atoms with Crippen molar-refractivity contribution in [2.45, 2.75) is 33.0 Å². The first kappa shape index (κ1) is 14.6. The lowest BCUT2D eigenvalue weighted by atomic mass is 10.3. The van der Waals surface area contributed by atoms with E-state index in [-0.39, 0.29) is 6.29 Å². The quantitative estimate of drug-likeness (QED) is 0.477. The lowest BCUT2D eigenvalue weighted by Crippen LogP contribution is -2.19. The van der Waals surface area contributed by atoms with Crippen LogP contribution in [0.5, 0.6) is 0 Å². The molecule has 0 atom stereocenters. The molecule has 4 heteroatoms. The molecule has 0 saturated heterocycles. The molecule has 0 N–H and O–H groups in total. The maximum atomic E-state index is 5.58. The van der Waals surface area contributed by atoms with Gasteiger partial charge in [0.25, 0.3) is 0 Å². The van der Waals surface area contributed by atoms with Crippen LogP contribution in [0.15, 0.2) is 17.5 Å². The van der Waals surface area contributed by atoms with Crippen LogP contribution in [-0.4, -0.2) is 32.7 Å². The molecule has 0 aromatic carbocycles. The lowest BCUT2D eigenvalue weighted by molar-refractivity contribution is -0.146. The summed E-state index contributed by atoms with van der Waals surface area (Å²) in [4.78, 5) is 1.37. The van der Waals surface area contributed by atoms with Gasteiger partial charge in [-0.2, -0.15) is 0 Å². The summed E-state index contributed by atoms with van der Waals surface area (Å²) in [5.74, 6) is 0. The van der Waals surface area contributed by atoms with E-state index in [9.17, 15) is 0 Å². The molecule has 0 aliphatic heterocycles. The van der Waals surface area contributed by atoms with Gasteiger partial charge in [0.2, 0.25) is 0 Å². The molecule has 0 bridgehead atoms. The molecule has 0 spiro atoms. The van der Waals surface area contributed by atoms with Crippen LogP contribution in [0.1, 0.15) is 25.1 Å². The molecule has 0 amide bonds. The molecule has 0 saturated carbocycles. The van der Waals surface area contributed by atoms with Gasteiger partial charge >= 0.3 is 0 Å². The normalized spacial score (nSPS) is 11.2. The van der Waals surface area contributed by atoms with Crippen LogP contribution in [-0.2, 0) is 20.6 Å². The molecule has 1 heterocycles. The predicted octanol–water partition coefficient (Wildman–Crippen LogP) is 3.10. The first-order chi connectivity index (χ1) is 8.36. The second-order valence-corrected chi connectivity index (χ2v) is 4.60. The number of ether oxygens (including phenoxy) is 3. The van der Waals surface area contributed by atoms with Gasteiger partial charge in [0.1, 0.15) is 0 Å². The maximum absolute atomic E-state index is 5.58. The Morgan fingerprint density at radius 2 is 1.94 bits per heavy atom. The number of hydrogen-bond donors (Lipinski definition) is 0. The zero-order chi connectivity index (χ0) is 12.3. The third-order valence-corrected chi connectivity index (χ3v) is 3.21. The Morgan fingerprint density at radius 3 is 2.53 bits per heavy atom. The van der Waals surface area contributed by atoms with E-state index < -0.39 is 0 Å². The van der Waals surface area contributed by atoms with Crippen LogP contribution in [0.3, 0.4) is 0 Å². The highest BCUT2D eigenvalue weighted by molar-refractivity contribution is 7.09. The van der Waals surface area contributed by atoms with E-state index in [2.05, 4.69) is 17.5 Å². The van der Waals surface area contributed by atoms with Gasteiger partial charge in [-0.1, -0.05) is 6.07 Å². The van der Waals surface area contributed by atoms with Gasteiger partial charge in [-0.25, -0.2) is 0 Å². The van der Waals surface area contributed by atoms with Gasteiger partial charge in [-0.15, -0.1) is 11.3 Å². The zero-order valence-electron chi connectivity index (χ0n) is 10.7. The van der Waals surface area contributed by atoms with E-state index in [1.54, 1.807) is 11.3 Å². The summed E-state index contributed by atoms with van der Waals surface area (Å²) in [5.41, 5.74) is 0. The van der Waals surface area contributed by atoms with E-state index in [0.29, 0.717) is 19.8 Å². The topological polar surface area (TPSA) is 27.7 Å². The lowest BCUT2D eigenvalue weighted by Gasteiger charge is -2.16. The molecule has 0 radical (unpaired) electrons. The van der Waals surface area contributed by atoms with Crippen LogP contribution in [0.2, 0.25) is 0 Å². The Morgan fingerprint density at radius 1 is 1.18 bits per heavy atom. The van der Waals surface area contributed by atoms with E-state index in [0.717, 1.165) is 19.4 Å². The number of rotatable bonds is 10. The Balaban J connectivity index is 2.01. The van der Waals surface area contributed by atoms with Crippen molar-refractivity contribution < 1.29 is 14.2 Å². The SMILES string of the molecule is CCOC(CCOCCc1cccs1)OCC. The standard InChI is InChI=1S/C13H22O3S/c1-3-15-13(16-4-2)8-10-14-9-7-12-6-5-11-17-12/h5-6,11,13H,3-4,7-10H2,1-2H3. The van der Waals surface area contributed by atoms with Gasteiger partial charge in [0.05, 0.1) is 13.2 Å². The summed E-state index contributed by atoms with van der Waals surface area (Å²) < 4.78 is 16.4. The van der Waals surface area contributed by atoms with E-state index in [4.69, 9.17) is 14.2 Å². The number of thiophene rings is 1. The van der Waals surface area contributed by atoms with Crippen LogP contribution in [0.25, 0.3) is 0 Å². The van der Waals surface area contributed by atoms with Gasteiger partial charge in [-0.05, 0) is 25.3 Å². The monoisotopic (exact) mass is 258 g/mol. The third kappa shape index (κ3) is 6.78.